The van der Waals surface area contributed by atoms with Gasteiger partial charge in [0.15, 0.2) is 0 Å². The van der Waals surface area contributed by atoms with Crippen LogP contribution in [-0.2, 0) is 14.3 Å². The first-order chi connectivity index (χ1) is 12.6. The summed E-state index contributed by atoms with van der Waals surface area (Å²) in [6.45, 7) is 5.46. The number of hydrogen-bond donors (Lipinski definition) is 1. The number of hydrogen-bond acceptors (Lipinski definition) is 3. The highest BCUT2D eigenvalue weighted by Crippen LogP contribution is 2.13. The molecule has 0 rings (SSSR count). The highest BCUT2D eigenvalue weighted by Gasteiger charge is 2.11. The van der Waals surface area contributed by atoms with Gasteiger partial charge in [-0.05, 0) is 6.42 Å². The predicted octanol–water partition coefficient (Wildman–Crippen LogP) is 5.93. The molecule has 1 N–H and O–H groups in total. The second-order valence-corrected chi connectivity index (χ2v) is 7.58. The normalized spacial score (nSPS) is 12.0. The van der Waals surface area contributed by atoms with Crippen molar-refractivity contribution in [1.29, 1.82) is 0 Å². The Hall–Kier alpha value is -1.06. The first kappa shape index (κ1) is 24.9. The van der Waals surface area contributed by atoms with Crippen molar-refractivity contribution < 1.29 is 14.3 Å². The van der Waals surface area contributed by atoms with E-state index in [4.69, 9.17) is 4.74 Å². The summed E-state index contributed by atoms with van der Waals surface area (Å²) in [7, 11) is 0. The van der Waals surface area contributed by atoms with E-state index in [-0.39, 0.29) is 24.5 Å². The van der Waals surface area contributed by atoms with E-state index < -0.39 is 0 Å². The molecule has 0 aliphatic heterocycles. The molecule has 0 radical (unpaired) electrons. The zero-order valence-electron chi connectivity index (χ0n) is 17.6. The second-order valence-electron chi connectivity index (χ2n) is 7.58. The highest BCUT2D eigenvalue weighted by atomic mass is 16.5. The lowest BCUT2D eigenvalue weighted by Crippen LogP contribution is -2.37. The molecule has 0 aromatic heterocycles. The number of esters is 1. The minimum absolute atomic E-state index is 0.0475. The lowest BCUT2D eigenvalue weighted by atomic mass is 10.0. The van der Waals surface area contributed by atoms with Crippen LogP contribution in [0, 0.1) is 0 Å². The number of amides is 1. The third-order valence-electron chi connectivity index (χ3n) is 4.80. The molecule has 4 nitrogen and oxygen atoms in total. The summed E-state index contributed by atoms with van der Waals surface area (Å²) in [5, 5.41) is 2.87. The number of nitrogens with one attached hydrogen (secondary N) is 1. The summed E-state index contributed by atoms with van der Waals surface area (Å²) in [6, 6.07) is -0.0475. The maximum atomic E-state index is 11.2. The molecule has 0 saturated heterocycles. The molecule has 4 heteroatoms. The number of rotatable bonds is 18. The molecule has 0 saturated carbocycles. The summed E-state index contributed by atoms with van der Waals surface area (Å²) in [6.07, 6.45) is 19.6. The molecular formula is C22H43NO3. The Bertz CT molecular complexity index is 344. The Balaban J connectivity index is 3.41. The summed E-state index contributed by atoms with van der Waals surface area (Å²) < 4.78 is 5.02. The largest absolute Gasteiger partial charge is 0.464 e. The number of carbonyl (C=O) groups excluding carboxylic acids is 2. The van der Waals surface area contributed by atoms with Gasteiger partial charge in [-0.3, -0.25) is 9.59 Å². The van der Waals surface area contributed by atoms with E-state index in [1.165, 1.54) is 97.3 Å². The molecule has 0 fully saturated rings. The van der Waals surface area contributed by atoms with Crippen LogP contribution < -0.4 is 5.32 Å². The van der Waals surface area contributed by atoms with Crippen LogP contribution in [0.5, 0.6) is 0 Å². The van der Waals surface area contributed by atoms with Crippen LogP contribution >= 0.6 is 0 Å². The van der Waals surface area contributed by atoms with E-state index in [1.54, 1.807) is 0 Å². The maximum absolute atomic E-state index is 11.2. The van der Waals surface area contributed by atoms with Crippen LogP contribution in [0.4, 0.5) is 0 Å². The van der Waals surface area contributed by atoms with E-state index in [9.17, 15) is 9.59 Å². The zero-order valence-corrected chi connectivity index (χ0v) is 17.6. The van der Waals surface area contributed by atoms with Crippen molar-refractivity contribution in [3.63, 3.8) is 0 Å². The third kappa shape index (κ3) is 19.3. The van der Waals surface area contributed by atoms with Gasteiger partial charge in [-0.1, -0.05) is 96.8 Å². The van der Waals surface area contributed by atoms with Gasteiger partial charge in [-0.2, -0.15) is 0 Å². The van der Waals surface area contributed by atoms with Gasteiger partial charge in [-0.25, -0.2) is 0 Å². The first-order valence-corrected chi connectivity index (χ1v) is 11.0. The van der Waals surface area contributed by atoms with E-state index >= 15 is 0 Å². The molecule has 26 heavy (non-hydrogen) atoms. The molecule has 0 aliphatic rings. The van der Waals surface area contributed by atoms with Gasteiger partial charge < -0.3 is 10.1 Å². The molecule has 0 spiro atoms. The van der Waals surface area contributed by atoms with Crippen molar-refractivity contribution in [2.24, 2.45) is 0 Å². The molecule has 0 unspecified atom stereocenters. The number of carbonyl (C=O) groups is 2. The second kappa shape index (κ2) is 18.7. The Morgan fingerprint density at radius 3 is 1.54 bits per heavy atom. The van der Waals surface area contributed by atoms with E-state index in [0.29, 0.717) is 0 Å². The van der Waals surface area contributed by atoms with E-state index in [1.807, 2.05) is 0 Å². The van der Waals surface area contributed by atoms with Gasteiger partial charge in [0.25, 0.3) is 0 Å². The molecule has 1 atom stereocenters. The Morgan fingerprint density at radius 2 is 1.15 bits per heavy atom. The fraction of sp³-hybridized carbons (Fsp3) is 0.909. The van der Waals surface area contributed by atoms with Gasteiger partial charge in [0, 0.05) is 13.8 Å². The van der Waals surface area contributed by atoms with Crippen molar-refractivity contribution in [2.45, 2.75) is 123 Å². The van der Waals surface area contributed by atoms with Crippen LogP contribution in [0.1, 0.15) is 117 Å². The molecule has 0 aromatic carbocycles. The van der Waals surface area contributed by atoms with E-state index in [0.717, 1.165) is 12.8 Å². The first-order valence-electron chi connectivity index (χ1n) is 11.0. The minimum Gasteiger partial charge on any atom is -0.464 e. The standard InChI is InChI=1S/C22H43NO3/c1-4-5-6-7-8-9-10-11-12-13-14-15-16-17-18-22(23-20(2)24)19-26-21(3)25/h22H,4-19H2,1-3H3,(H,23,24)/t22-/m0/s1. The van der Waals surface area contributed by atoms with Crippen molar-refractivity contribution in [1.82, 2.24) is 5.32 Å². The lowest BCUT2D eigenvalue weighted by Gasteiger charge is -2.17. The molecule has 1 amide bonds. The lowest BCUT2D eigenvalue weighted by molar-refractivity contribution is -0.142. The van der Waals surface area contributed by atoms with Crippen molar-refractivity contribution >= 4 is 11.9 Å². The minimum atomic E-state index is -0.290. The molecule has 0 bridgehead atoms. The molecule has 0 heterocycles. The third-order valence-corrected chi connectivity index (χ3v) is 4.80. The topological polar surface area (TPSA) is 55.4 Å². The summed E-state index contributed by atoms with van der Waals surface area (Å²) in [5.74, 6) is -0.353. The average Bonchev–Trinajstić information content (AvgIpc) is 2.59. The summed E-state index contributed by atoms with van der Waals surface area (Å²) >= 11 is 0. The van der Waals surface area contributed by atoms with Crippen molar-refractivity contribution in [3.8, 4) is 0 Å². The van der Waals surface area contributed by atoms with Gasteiger partial charge in [0.1, 0.15) is 6.61 Å². The monoisotopic (exact) mass is 369 g/mol. The average molecular weight is 370 g/mol. The van der Waals surface area contributed by atoms with Gasteiger partial charge >= 0.3 is 5.97 Å². The smallest absolute Gasteiger partial charge is 0.302 e. The molecule has 0 aliphatic carbocycles. The van der Waals surface area contributed by atoms with Crippen LogP contribution in [0.25, 0.3) is 0 Å². The van der Waals surface area contributed by atoms with Crippen LogP contribution in [-0.4, -0.2) is 24.5 Å². The fourth-order valence-corrected chi connectivity index (χ4v) is 3.29. The zero-order chi connectivity index (χ0) is 19.5. The van der Waals surface area contributed by atoms with Gasteiger partial charge in [0.05, 0.1) is 6.04 Å². The highest BCUT2D eigenvalue weighted by molar-refractivity contribution is 5.73. The summed E-state index contributed by atoms with van der Waals surface area (Å²) in [5.41, 5.74) is 0. The van der Waals surface area contributed by atoms with E-state index in [2.05, 4.69) is 12.2 Å². The van der Waals surface area contributed by atoms with Crippen LogP contribution in [0.3, 0.4) is 0 Å². The van der Waals surface area contributed by atoms with Crippen LogP contribution in [0.15, 0.2) is 0 Å². The maximum Gasteiger partial charge on any atom is 0.302 e. The Morgan fingerprint density at radius 1 is 0.731 bits per heavy atom. The quantitative estimate of drug-likeness (QED) is 0.241. The van der Waals surface area contributed by atoms with Gasteiger partial charge in [0.2, 0.25) is 5.91 Å². The SMILES string of the molecule is CCCCCCCCCCCCCCCC[C@@H](COC(C)=O)NC(C)=O. The van der Waals surface area contributed by atoms with Crippen molar-refractivity contribution in [2.75, 3.05) is 6.61 Å². The molecule has 154 valence electrons. The van der Waals surface area contributed by atoms with Crippen LogP contribution in [0.2, 0.25) is 0 Å². The Kier molecular flexibility index (Phi) is 18.0. The predicted molar refractivity (Wildman–Crippen MR) is 109 cm³/mol. The number of ether oxygens (including phenoxy) is 1. The fourth-order valence-electron chi connectivity index (χ4n) is 3.29. The molecule has 0 aromatic rings. The molecular weight excluding hydrogens is 326 g/mol. The summed E-state index contributed by atoms with van der Waals surface area (Å²) in [4.78, 5) is 22.1. The Labute approximate surface area is 161 Å². The number of unbranched alkanes of at least 4 members (excludes halogenated alkanes) is 13. The van der Waals surface area contributed by atoms with Gasteiger partial charge in [-0.15, -0.1) is 0 Å². The van der Waals surface area contributed by atoms with Crippen molar-refractivity contribution in [3.05, 3.63) is 0 Å².